The maximum Gasteiger partial charge on any atom is 0.331 e. The molecule has 0 aliphatic carbocycles. The van der Waals surface area contributed by atoms with Gasteiger partial charge in [-0.05, 0) is 366 Å². The molecule has 744 valence electrons. The number of para-hydroxylation sites is 6. The summed E-state index contributed by atoms with van der Waals surface area (Å²) >= 11 is 0. The molecule has 0 aliphatic rings. The minimum Gasteiger partial charge on any atom is -0.443 e. The third-order valence-corrected chi connectivity index (χ3v) is 24.9. The molecule has 0 atom stereocenters. The molecule has 0 bridgehead atoms. The maximum absolute atomic E-state index is 6.69. The molecule has 0 saturated heterocycles. The second kappa shape index (κ2) is 47.2. The lowest BCUT2D eigenvalue weighted by atomic mass is 10.0. The molecule has 0 saturated carbocycles. The van der Waals surface area contributed by atoms with E-state index in [-0.39, 0.29) is 53.9 Å². The normalized spacial score (nSPS) is 11.7. The Balaban J connectivity index is 0.591. The van der Waals surface area contributed by atoms with Gasteiger partial charge in [-0.25, -0.2) is 0 Å². The van der Waals surface area contributed by atoms with Crippen molar-refractivity contribution in [2.24, 2.45) is 32.7 Å². The van der Waals surface area contributed by atoms with E-state index >= 15 is 0 Å². The average Bonchev–Trinajstić information content (AvgIpc) is 0.816. The highest BCUT2D eigenvalue weighted by Gasteiger charge is 2.25. The van der Waals surface area contributed by atoms with Gasteiger partial charge in [0.05, 0.1) is 0 Å². The number of aliphatic imine (C=N–C) groups is 3. The molecule has 0 fully saturated rings. The molecular weight excluding hydrogens is 1850 g/mol. The van der Waals surface area contributed by atoms with Crippen molar-refractivity contribution in [3.63, 3.8) is 0 Å². The Hall–Kier alpha value is -18.4. The van der Waals surface area contributed by atoms with Crippen LogP contribution >= 0.6 is 0 Å². The standard InChI is InChI=1S/C132H120N12O6/c1-91(2)127(133-94(7)8)145-121-79-67-115(68-80-121)139(103-31-19-13-20-32-103)109-55-43-97(44-56-109)100-49-61-112(62-50-100)142(106-37-25-16-26-38-106)118-73-85-124(86-74-118)148-130-136-131(149-125-87-75-119(76-88-125)143(107-39-27-17-28-40-107)113-63-51-101(52-64-113)98-45-57-110(58-46-98)140(104-33-21-14-22-34-104)116-69-81-122(82-70-116)146-128(92(3)4)134-95(9)10)138-132(137-130)150-126-89-77-120(78-90-126)144(108-41-29-18-30-42-108)114-65-53-102(54-66-114)99-47-59-111(60-48-99)141(105-35-23-15-24-36-105)117-71-83-123(84-72-117)147-129(93(5)6)135-96(11)12/h13-96H,1-12H3. The Kier molecular flexibility index (Phi) is 31.5. The SMILES string of the molecule is CC(C)N=C(Oc1ccc(N(c2ccccc2)c2ccc(-c3ccc(N(c4ccccc4)c4ccc(Oc5nc(Oc6ccc(N(c7ccccc7)c7ccc(-c8ccc(N(c9ccccc9)c9ccc(OC(=NC(C)C)C(C)C)cc9)cc8)cc7)cc6)nc(Oc6ccc(N(c7ccccc7)c7ccc(-c8ccc(N(c9ccccc9)c9ccc(OC(=NC(C)C)C(C)C)cc9)cc8)cc7)cc6)n5)cc4)cc3)cc2)cc1)C(C)C. The van der Waals surface area contributed by atoms with Crippen LogP contribution in [0.2, 0.25) is 0 Å². The third-order valence-electron chi connectivity index (χ3n) is 24.9. The summed E-state index contributed by atoms with van der Waals surface area (Å²) in [6.07, 6.45) is 0. The first-order chi connectivity index (χ1) is 73.2. The van der Waals surface area contributed by atoms with E-state index in [0.717, 1.165) is 171 Å². The predicted molar refractivity (Wildman–Crippen MR) is 618 cm³/mol. The summed E-state index contributed by atoms with van der Waals surface area (Å²) in [6.45, 7) is 25.0. The van der Waals surface area contributed by atoms with Crippen LogP contribution in [0, 0.1) is 17.8 Å². The van der Waals surface area contributed by atoms with E-state index < -0.39 is 0 Å². The molecule has 0 radical (unpaired) electrons. The highest BCUT2D eigenvalue weighted by Crippen LogP contribution is 2.47. The molecule has 1 aromatic heterocycles. The minimum absolute atomic E-state index is 0.0607. The lowest BCUT2D eigenvalue weighted by molar-refractivity contribution is 0.362. The summed E-state index contributed by atoms with van der Waals surface area (Å²) < 4.78 is 39.1. The van der Waals surface area contributed by atoms with E-state index in [0.29, 0.717) is 17.2 Å². The van der Waals surface area contributed by atoms with Crippen molar-refractivity contribution in [3.05, 3.63) is 473 Å². The van der Waals surface area contributed by atoms with Crippen LogP contribution in [-0.2, 0) is 0 Å². The molecule has 150 heavy (non-hydrogen) atoms. The number of ether oxygens (including phenoxy) is 6. The Labute approximate surface area is 880 Å². The van der Waals surface area contributed by atoms with Gasteiger partial charge < -0.3 is 57.8 Å². The fourth-order valence-electron chi connectivity index (χ4n) is 17.7. The third kappa shape index (κ3) is 24.9. The van der Waals surface area contributed by atoms with Crippen LogP contribution in [0.1, 0.15) is 83.1 Å². The first kappa shape index (κ1) is 100. The zero-order valence-electron chi connectivity index (χ0n) is 86.3. The highest BCUT2D eigenvalue weighted by atomic mass is 16.5. The van der Waals surface area contributed by atoms with Gasteiger partial charge >= 0.3 is 18.0 Å². The largest absolute Gasteiger partial charge is 0.443 e. The van der Waals surface area contributed by atoms with Gasteiger partial charge in [0.1, 0.15) is 34.5 Å². The Morgan fingerprint density at radius 3 is 0.420 bits per heavy atom. The van der Waals surface area contributed by atoms with Gasteiger partial charge in [-0.2, -0.15) is 0 Å². The first-order valence-electron chi connectivity index (χ1n) is 51.1. The lowest BCUT2D eigenvalue weighted by Crippen LogP contribution is -2.18. The van der Waals surface area contributed by atoms with Gasteiger partial charge in [0, 0.05) is 138 Å². The van der Waals surface area contributed by atoms with Crippen molar-refractivity contribution >= 4 is 120 Å². The summed E-state index contributed by atoms with van der Waals surface area (Å²) in [6, 6.07) is 163. The Bertz CT molecular complexity index is 6950. The van der Waals surface area contributed by atoms with Gasteiger partial charge in [0.2, 0.25) is 0 Å². The Morgan fingerprint density at radius 1 is 0.160 bits per heavy atom. The van der Waals surface area contributed by atoms with E-state index in [1.54, 1.807) is 0 Å². The fourth-order valence-corrected chi connectivity index (χ4v) is 17.7. The van der Waals surface area contributed by atoms with Crippen molar-refractivity contribution in [2.45, 2.75) is 101 Å². The summed E-state index contributed by atoms with van der Waals surface area (Å²) in [4.78, 5) is 42.2. The van der Waals surface area contributed by atoms with E-state index in [1.165, 1.54) is 0 Å². The van der Waals surface area contributed by atoms with Crippen molar-refractivity contribution < 1.29 is 28.4 Å². The number of hydrogen-bond donors (Lipinski definition) is 0. The van der Waals surface area contributed by atoms with Crippen LogP contribution in [0.4, 0.5) is 102 Å². The summed E-state index contributed by atoms with van der Waals surface area (Å²) in [5.41, 5.74) is 24.0. The summed E-state index contributed by atoms with van der Waals surface area (Å²) in [5, 5.41) is 0. The molecule has 0 N–H and O–H groups in total. The molecule has 1 heterocycles. The maximum atomic E-state index is 6.69. The second-order valence-corrected chi connectivity index (χ2v) is 38.2. The molecule has 0 spiro atoms. The zero-order valence-corrected chi connectivity index (χ0v) is 86.3. The smallest absolute Gasteiger partial charge is 0.331 e. The monoisotopic (exact) mass is 1970 g/mol. The van der Waals surface area contributed by atoms with Crippen molar-refractivity contribution in [1.82, 2.24) is 15.0 Å². The van der Waals surface area contributed by atoms with E-state index in [1.807, 2.05) is 182 Å². The molecule has 18 heteroatoms. The number of hydrogen-bond acceptors (Lipinski definition) is 18. The van der Waals surface area contributed by atoms with Gasteiger partial charge in [-0.15, -0.1) is 15.0 Å². The van der Waals surface area contributed by atoms with Crippen LogP contribution in [0.15, 0.2) is 488 Å². The van der Waals surface area contributed by atoms with Gasteiger partial charge in [0.25, 0.3) is 0 Å². The van der Waals surface area contributed by atoms with Gasteiger partial charge in [-0.1, -0.05) is 224 Å². The van der Waals surface area contributed by atoms with Crippen LogP contribution in [0.25, 0.3) is 33.4 Å². The molecule has 0 amide bonds. The lowest BCUT2D eigenvalue weighted by Gasteiger charge is -2.26. The van der Waals surface area contributed by atoms with Crippen LogP contribution < -0.4 is 57.8 Å². The number of rotatable bonds is 36. The summed E-state index contributed by atoms with van der Waals surface area (Å²) in [7, 11) is 0. The zero-order chi connectivity index (χ0) is 103. The van der Waals surface area contributed by atoms with Crippen molar-refractivity contribution in [2.75, 3.05) is 29.4 Å². The van der Waals surface area contributed by atoms with E-state index in [9.17, 15) is 0 Å². The molecule has 0 aliphatic heterocycles. The molecule has 0 unspecified atom stereocenters. The number of nitrogens with zero attached hydrogens (tertiary/aromatic N) is 12. The molecule has 18 nitrogen and oxygen atoms in total. The Morgan fingerprint density at radius 2 is 0.287 bits per heavy atom. The number of anilines is 18. The average molecular weight is 1970 g/mol. The molecule has 18 aromatic carbocycles. The molecular formula is C132H120N12O6. The van der Waals surface area contributed by atoms with E-state index in [2.05, 4.69) is 404 Å². The van der Waals surface area contributed by atoms with Gasteiger partial charge in [-0.3, -0.25) is 15.0 Å². The quantitative estimate of drug-likeness (QED) is 0.0270. The van der Waals surface area contributed by atoms with Gasteiger partial charge in [0.15, 0.2) is 17.7 Å². The van der Waals surface area contributed by atoms with Crippen molar-refractivity contribution in [1.29, 1.82) is 0 Å². The number of aromatic nitrogens is 3. The predicted octanol–water partition coefficient (Wildman–Crippen LogP) is 36.6. The second-order valence-electron chi connectivity index (χ2n) is 38.2. The first-order valence-corrected chi connectivity index (χ1v) is 51.1. The molecule has 19 rings (SSSR count). The minimum atomic E-state index is -0.0607. The van der Waals surface area contributed by atoms with Crippen LogP contribution in [0.3, 0.4) is 0 Å². The number of benzene rings is 18. The molecule has 19 aromatic rings. The fraction of sp³-hybridized carbons (Fsp3) is 0.136. The van der Waals surface area contributed by atoms with Crippen molar-refractivity contribution in [3.8, 4) is 85.9 Å². The topological polar surface area (TPSA) is 151 Å². The highest BCUT2D eigenvalue weighted by molar-refractivity contribution is 5.89. The van der Waals surface area contributed by atoms with Crippen LogP contribution in [-0.4, -0.2) is 50.8 Å². The summed E-state index contributed by atoms with van der Waals surface area (Å²) in [5.74, 6) is 6.19. The van der Waals surface area contributed by atoms with Crippen LogP contribution in [0.5, 0.6) is 52.5 Å². The van der Waals surface area contributed by atoms with E-state index in [4.69, 9.17) is 58.4 Å².